The fourth-order valence-corrected chi connectivity index (χ4v) is 2.20. The molecule has 1 unspecified atom stereocenters. The molecule has 0 bridgehead atoms. The third-order valence-corrected chi connectivity index (χ3v) is 3.19. The number of thioether (sulfide) groups is 1. The molecule has 0 aliphatic rings. The molecule has 0 saturated heterocycles. The lowest BCUT2D eigenvalue weighted by Gasteiger charge is -2.14. The summed E-state index contributed by atoms with van der Waals surface area (Å²) in [6.45, 7) is 0. The molecule has 0 aliphatic carbocycles. The zero-order valence-electron chi connectivity index (χ0n) is 9.00. The lowest BCUT2D eigenvalue weighted by atomic mass is 10.1. The van der Waals surface area contributed by atoms with Gasteiger partial charge in [-0.1, -0.05) is 18.2 Å². The lowest BCUT2D eigenvalue weighted by Crippen LogP contribution is -2.14. The van der Waals surface area contributed by atoms with Gasteiger partial charge in [-0.15, -0.1) is 11.8 Å². The maximum Gasteiger partial charge on any atom is 0.0799 e. The highest BCUT2D eigenvalue weighted by molar-refractivity contribution is 7.98. The van der Waals surface area contributed by atoms with Crippen molar-refractivity contribution in [2.24, 2.45) is 5.73 Å². The zero-order valence-corrected chi connectivity index (χ0v) is 9.82. The van der Waals surface area contributed by atoms with E-state index >= 15 is 0 Å². The van der Waals surface area contributed by atoms with Gasteiger partial charge < -0.3 is 5.73 Å². The van der Waals surface area contributed by atoms with Gasteiger partial charge in [0.25, 0.3) is 0 Å². The Bertz CT molecular complexity index is 459. The molecule has 82 valence electrons. The normalized spacial score (nSPS) is 12.4. The van der Waals surface area contributed by atoms with E-state index in [0.717, 1.165) is 11.3 Å². The van der Waals surface area contributed by atoms with Crippen LogP contribution in [0.25, 0.3) is 0 Å². The molecule has 1 heterocycles. The number of aromatic nitrogens is 2. The van der Waals surface area contributed by atoms with E-state index in [4.69, 9.17) is 5.73 Å². The Balaban J connectivity index is 2.37. The largest absolute Gasteiger partial charge is 0.319 e. The van der Waals surface area contributed by atoms with Gasteiger partial charge in [0.05, 0.1) is 17.9 Å². The second-order valence-corrected chi connectivity index (χ2v) is 4.20. The van der Waals surface area contributed by atoms with E-state index in [1.807, 2.05) is 24.5 Å². The zero-order chi connectivity index (χ0) is 11.4. The molecule has 2 N–H and O–H groups in total. The van der Waals surface area contributed by atoms with Crippen molar-refractivity contribution >= 4 is 11.8 Å². The monoisotopic (exact) mass is 231 g/mol. The van der Waals surface area contributed by atoms with Gasteiger partial charge in [-0.25, -0.2) is 0 Å². The SMILES string of the molecule is CSc1ccccc1C(N)c1cnccn1. The van der Waals surface area contributed by atoms with Crippen LogP contribution in [0.2, 0.25) is 0 Å². The molecule has 2 rings (SSSR count). The highest BCUT2D eigenvalue weighted by Crippen LogP contribution is 2.27. The van der Waals surface area contributed by atoms with Crippen LogP contribution in [0.4, 0.5) is 0 Å². The first-order chi connectivity index (χ1) is 7.83. The summed E-state index contributed by atoms with van der Waals surface area (Å²) in [6.07, 6.45) is 7.07. The van der Waals surface area contributed by atoms with Crippen LogP contribution in [-0.4, -0.2) is 16.2 Å². The van der Waals surface area contributed by atoms with Gasteiger partial charge in [-0.05, 0) is 17.9 Å². The van der Waals surface area contributed by atoms with E-state index in [0.29, 0.717) is 0 Å². The first kappa shape index (κ1) is 11.1. The minimum absolute atomic E-state index is 0.211. The number of benzene rings is 1. The van der Waals surface area contributed by atoms with Crippen molar-refractivity contribution in [1.29, 1.82) is 0 Å². The number of hydrogen-bond donors (Lipinski definition) is 1. The summed E-state index contributed by atoms with van der Waals surface area (Å²) >= 11 is 1.69. The minimum atomic E-state index is -0.211. The number of rotatable bonds is 3. The van der Waals surface area contributed by atoms with Gasteiger partial charge in [0.1, 0.15) is 0 Å². The van der Waals surface area contributed by atoms with Crippen LogP contribution in [0, 0.1) is 0 Å². The second kappa shape index (κ2) is 5.09. The molecule has 0 amide bonds. The molecule has 0 aliphatic heterocycles. The Labute approximate surface area is 99.1 Å². The van der Waals surface area contributed by atoms with Crippen LogP contribution in [0.3, 0.4) is 0 Å². The molecule has 0 saturated carbocycles. The van der Waals surface area contributed by atoms with Crippen LogP contribution >= 0.6 is 11.8 Å². The predicted octanol–water partition coefficient (Wildman–Crippen LogP) is 2.25. The minimum Gasteiger partial charge on any atom is -0.319 e. The molecule has 4 heteroatoms. The van der Waals surface area contributed by atoms with Gasteiger partial charge in [0.15, 0.2) is 0 Å². The molecule has 0 spiro atoms. The predicted molar refractivity (Wildman–Crippen MR) is 66.3 cm³/mol. The topological polar surface area (TPSA) is 51.8 Å². The molecule has 1 aromatic heterocycles. The van der Waals surface area contributed by atoms with Gasteiger partial charge in [-0.2, -0.15) is 0 Å². The van der Waals surface area contributed by atoms with Crippen molar-refractivity contribution in [1.82, 2.24) is 9.97 Å². The summed E-state index contributed by atoms with van der Waals surface area (Å²) in [7, 11) is 0. The fraction of sp³-hybridized carbons (Fsp3) is 0.167. The highest BCUT2D eigenvalue weighted by atomic mass is 32.2. The van der Waals surface area contributed by atoms with Crippen molar-refractivity contribution in [2.45, 2.75) is 10.9 Å². The Morgan fingerprint density at radius 1 is 1.25 bits per heavy atom. The Morgan fingerprint density at radius 3 is 2.75 bits per heavy atom. The lowest BCUT2D eigenvalue weighted by molar-refractivity contribution is 0.800. The van der Waals surface area contributed by atoms with Crippen LogP contribution in [0.15, 0.2) is 47.8 Å². The molecular formula is C12H13N3S. The van der Waals surface area contributed by atoms with E-state index < -0.39 is 0 Å². The third kappa shape index (κ3) is 2.23. The number of nitrogens with two attached hydrogens (primary N) is 1. The van der Waals surface area contributed by atoms with Crippen LogP contribution in [0.1, 0.15) is 17.3 Å². The van der Waals surface area contributed by atoms with Crippen LogP contribution in [-0.2, 0) is 0 Å². The van der Waals surface area contributed by atoms with Crippen molar-refractivity contribution in [3.63, 3.8) is 0 Å². The van der Waals surface area contributed by atoms with Gasteiger partial charge >= 0.3 is 0 Å². The second-order valence-electron chi connectivity index (χ2n) is 3.35. The molecule has 1 aromatic carbocycles. The quantitative estimate of drug-likeness (QED) is 0.823. The summed E-state index contributed by atoms with van der Waals surface area (Å²) in [5.74, 6) is 0. The fourth-order valence-electron chi connectivity index (χ4n) is 1.55. The smallest absolute Gasteiger partial charge is 0.0799 e. The molecule has 1 atom stereocenters. The van der Waals surface area contributed by atoms with Gasteiger partial charge in [-0.3, -0.25) is 9.97 Å². The number of hydrogen-bond acceptors (Lipinski definition) is 4. The van der Waals surface area contributed by atoms with Gasteiger partial charge in [0, 0.05) is 17.3 Å². The molecule has 2 aromatic rings. The van der Waals surface area contributed by atoms with Crippen molar-refractivity contribution < 1.29 is 0 Å². The number of nitrogens with zero attached hydrogens (tertiary/aromatic N) is 2. The van der Waals surface area contributed by atoms with Crippen LogP contribution < -0.4 is 5.73 Å². The summed E-state index contributed by atoms with van der Waals surface area (Å²) in [4.78, 5) is 9.45. The summed E-state index contributed by atoms with van der Waals surface area (Å²) < 4.78 is 0. The van der Waals surface area contributed by atoms with E-state index in [1.54, 1.807) is 30.4 Å². The van der Waals surface area contributed by atoms with E-state index in [2.05, 4.69) is 16.0 Å². The Kier molecular flexibility index (Phi) is 3.54. The maximum absolute atomic E-state index is 6.18. The standard InChI is InChI=1S/C12H13N3S/c1-16-11-5-3-2-4-9(11)12(13)10-8-14-6-7-15-10/h2-8,12H,13H2,1H3. The summed E-state index contributed by atoms with van der Waals surface area (Å²) in [6, 6.07) is 7.89. The molecule has 16 heavy (non-hydrogen) atoms. The van der Waals surface area contributed by atoms with E-state index in [9.17, 15) is 0 Å². The third-order valence-electron chi connectivity index (χ3n) is 2.38. The average molecular weight is 231 g/mol. The molecule has 0 radical (unpaired) electrons. The highest BCUT2D eigenvalue weighted by Gasteiger charge is 2.13. The first-order valence-electron chi connectivity index (χ1n) is 4.97. The molecular weight excluding hydrogens is 218 g/mol. The van der Waals surface area contributed by atoms with Crippen molar-refractivity contribution in [2.75, 3.05) is 6.26 Å². The van der Waals surface area contributed by atoms with Crippen molar-refractivity contribution in [3.8, 4) is 0 Å². The van der Waals surface area contributed by atoms with Gasteiger partial charge in [0.2, 0.25) is 0 Å². The summed E-state index contributed by atoms with van der Waals surface area (Å²) in [5.41, 5.74) is 8.07. The molecule has 0 fully saturated rings. The van der Waals surface area contributed by atoms with Crippen LogP contribution in [0.5, 0.6) is 0 Å². The van der Waals surface area contributed by atoms with Crippen molar-refractivity contribution in [3.05, 3.63) is 54.1 Å². The molecule has 3 nitrogen and oxygen atoms in total. The Hall–Kier alpha value is -1.39. The van der Waals surface area contributed by atoms with E-state index in [1.165, 1.54) is 4.90 Å². The first-order valence-corrected chi connectivity index (χ1v) is 6.20. The maximum atomic E-state index is 6.18. The Morgan fingerprint density at radius 2 is 2.06 bits per heavy atom. The summed E-state index contributed by atoms with van der Waals surface area (Å²) in [5, 5.41) is 0. The average Bonchev–Trinajstić information content (AvgIpc) is 2.39. The van der Waals surface area contributed by atoms with E-state index in [-0.39, 0.29) is 6.04 Å².